The van der Waals surface area contributed by atoms with Crippen molar-refractivity contribution in [2.45, 2.75) is 46.7 Å². The van der Waals surface area contributed by atoms with E-state index in [4.69, 9.17) is 4.99 Å². The summed E-state index contributed by atoms with van der Waals surface area (Å²) in [7, 11) is 0. The summed E-state index contributed by atoms with van der Waals surface area (Å²) in [5.41, 5.74) is 1.27. The second-order valence-electron chi connectivity index (χ2n) is 5.76. The Hall–Kier alpha value is -0.820. The lowest BCUT2D eigenvalue weighted by atomic mass is 10.1. The summed E-state index contributed by atoms with van der Waals surface area (Å²) in [6, 6.07) is 11.3. The number of rotatable bonds is 8. The highest BCUT2D eigenvalue weighted by molar-refractivity contribution is 14.0. The van der Waals surface area contributed by atoms with Gasteiger partial charge in [0.2, 0.25) is 0 Å². The van der Waals surface area contributed by atoms with Crippen molar-refractivity contribution in [2.24, 2.45) is 4.99 Å². The second-order valence-corrected chi connectivity index (χ2v) is 5.76. The molecule has 23 heavy (non-hydrogen) atoms. The zero-order valence-corrected chi connectivity index (χ0v) is 17.5. The standard InChI is InChI=1S/C18H32N4.HI/c1-6-19-18(20-13-14-22(7-2)15(3)4)21-16(5)17-11-9-8-10-12-17;/h8-12,15-16H,6-7,13-14H2,1-5H3,(H2,19,20,21);1H. The maximum Gasteiger partial charge on any atom is 0.191 e. The Morgan fingerprint density at radius 2 is 1.78 bits per heavy atom. The molecule has 2 N–H and O–H groups in total. The first-order chi connectivity index (χ1) is 10.6. The number of hydrogen-bond donors (Lipinski definition) is 2. The molecule has 1 rings (SSSR count). The number of halogens is 1. The van der Waals surface area contributed by atoms with Gasteiger partial charge in [-0.3, -0.25) is 9.89 Å². The summed E-state index contributed by atoms with van der Waals surface area (Å²) < 4.78 is 0. The molecule has 0 amide bonds. The van der Waals surface area contributed by atoms with E-state index in [1.165, 1.54) is 5.56 Å². The number of hydrogen-bond acceptors (Lipinski definition) is 2. The Morgan fingerprint density at radius 1 is 1.13 bits per heavy atom. The molecule has 1 atom stereocenters. The molecule has 1 unspecified atom stereocenters. The minimum Gasteiger partial charge on any atom is -0.357 e. The molecule has 0 aliphatic rings. The van der Waals surface area contributed by atoms with Crippen LogP contribution in [0, 0.1) is 0 Å². The minimum atomic E-state index is 0. The number of guanidine groups is 1. The fourth-order valence-electron chi connectivity index (χ4n) is 2.42. The SMILES string of the molecule is CCNC(=NCCN(CC)C(C)C)NC(C)c1ccccc1.I. The number of benzene rings is 1. The van der Waals surface area contributed by atoms with Gasteiger partial charge in [-0.1, -0.05) is 37.3 Å². The van der Waals surface area contributed by atoms with Crippen LogP contribution in [0.4, 0.5) is 0 Å². The molecule has 0 aromatic heterocycles. The molecule has 0 bridgehead atoms. The van der Waals surface area contributed by atoms with Crippen LogP contribution in [-0.2, 0) is 0 Å². The predicted octanol–water partition coefficient (Wildman–Crippen LogP) is 3.65. The van der Waals surface area contributed by atoms with Gasteiger partial charge in [-0.15, -0.1) is 24.0 Å². The van der Waals surface area contributed by atoms with Crippen molar-refractivity contribution in [1.82, 2.24) is 15.5 Å². The van der Waals surface area contributed by atoms with Crippen molar-refractivity contribution in [1.29, 1.82) is 0 Å². The molecule has 4 nitrogen and oxygen atoms in total. The zero-order valence-electron chi connectivity index (χ0n) is 15.2. The summed E-state index contributed by atoms with van der Waals surface area (Å²) in [6.45, 7) is 14.7. The predicted molar refractivity (Wildman–Crippen MR) is 112 cm³/mol. The van der Waals surface area contributed by atoms with Gasteiger partial charge in [-0.2, -0.15) is 0 Å². The molecule has 0 saturated heterocycles. The molecular formula is C18H33IN4. The molecule has 1 aromatic rings. The Kier molecular flexibility index (Phi) is 12.1. The fourth-order valence-corrected chi connectivity index (χ4v) is 2.42. The lowest BCUT2D eigenvalue weighted by Crippen LogP contribution is -2.39. The van der Waals surface area contributed by atoms with Gasteiger partial charge < -0.3 is 10.6 Å². The fraction of sp³-hybridized carbons (Fsp3) is 0.611. The summed E-state index contributed by atoms with van der Waals surface area (Å²) >= 11 is 0. The highest BCUT2D eigenvalue weighted by Gasteiger charge is 2.08. The van der Waals surface area contributed by atoms with Crippen LogP contribution >= 0.6 is 24.0 Å². The monoisotopic (exact) mass is 432 g/mol. The molecule has 0 heterocycles. The highest BCUT2D eigenvalue weighted by atomic mass is 127. The van der Waals surface area contributed by atoms with Crippen LogP contribution in [0.5, 0.6) is 0 Å². The van der Waals surface area contributed by atoms with Gasteiger partial charge in [0.1, 0.15) is 0 Å². The largest absolute Gasteiger partial charge is 0.357 e. The van der Waals surface area contributed by atoms with Crippen LogP contribution in [0.2, 0.25) is 0 Å². The average molecular weight is 432 g/mol. The summed E-state index contributed by atoms with van der Waals surface area (Å²) in [5.74, 6) is 0.888. The normalized spacial score (nSPS) is 12.9. The van der Waals surface area contributed by atoms with E-state index >= 15 is 0 Å². The lowest BCUT2D eigenvalue weighted by Gasteiger charge is -2.24. The van der Waals surface area contributed by atoms with Crippen LogP contribution in [0.15, 0.2) is 35.3 Å². The third kappa shape index (κ3) is 8.55. The Balaban J connectivity index is 0.00000484. The Bertz CT molecular complexity index is 434. The molecule has 0 radical (unpaired) electrons. The van der Waals surface area contributed by atoms with Crippen molar-refractivity contribution >= 4 is 29.9 Å². The Labute approximate surface area is 159 Å². The maximum atomic E-state index is 4.70. The van der Waals surface area contributed by atoms with Gasteiger partial charge in [0.15, 0.2) is 5.96 Å². The van der Waals surface area contributed by atoms with Gasteiger partial charge in [0, 0.05) is 19.1 Å². The van der Waals surface area contributed by atoms with Gasteiger partial charge in [0.05, 0.1) is 12.6 Å². The summed E-state index contributed by atoms with van der Waals surface area (Å²) in [6.07, 6.45) is 0. The van der Waals surface area contributed by atoms with Crippen molar-refractivity contribution < 1.29 is 0 Å². The first-order valence-electron chi connectivity index (χ1n) is 8.42. The summed E-state index contributed by atoms with van der Waals surface area (Å²) in [5, 5.41) is 6.80. The molecule has 0 saturated carbocycles. The van der Waals surface area contributed by atoms with Crippen LogP contribution in [-0.4, -0.2) is 43.1 Å². The number of aliphatic imine (C=N–C) groups is 1. The smallest absolute Gasteiger partial charge is 0.191 e. The Morgan fingerprint density at radius 3 is 2.30 bits per heavy atom. The highest BCUT2D eigenvalue weighted by Crippen LogP contribution is 2.10. The third-order valence-electron chi connectivity index (χ3n) is 3.79. The third-order valence-corrected chi connectivity index (χ3v) is 3.79. The van der Waals surface area contributed by atoms with E-state index < -0.39 is 0 Å². The number of nitrogens with one attached hydrogen (secondary N) is 2. The van der Waals surface area contributed by atoms with E-state index in [0.717, 1.165) is 32.1 Å². The van der Waals surface area contributed by atoms with E-state index in [1.807, 2.05) is 6.07 Å². The van der Waals surface area contributed by atoms with Gasteiger partial charge in [-0.05, 0) is 39.8 Å². The topological polar surface area (TPSA) is 39.7 Å². The van der Waals surface area contributed by atoms with Crippen molar-refractivity contribution in [3.63, 3.8) is 0 Å². The molecule has 0 fully saturated rings. The molecule has 0 spiro atoms. The van der Waals surface area contributed by atoms with Crippen molar-refractivity contribution in [3.05, 3.63) is 35.9 Å². The van der Waals surface area contributed by atoms with Crippen LogP contribution in [0.1, 0.15) is 46.2 Å². The first kappa shape index (κ1) is 22.2. The van der Waals surface area contributed by atoms with E-state index in [1.54, 1.807) is 0 Å². The van der Waals surface area contributed by atoms with E-state index in [9.17, 15) is 0 Å². The number of nitrogens with zero attached hydrogens (tertiary/aromatic N) is 2. The van der Waals surface area contributed by atoms with E-state index in [2.05, 4.69) is 74.4 Å². The van der Waals surface area contributed by atoms with E-state index in [0.29, 0.717) is 6.04 Å². The molecule has 0 aliphatic heterocycles. The van der Waals surface area contributed by atoms with Crippen molar-refractivity contribution in [2.75, 3.05) is 26.2 Å². The zero-order chi connectivity index (χ0) is 16.4. The quantitative estimate of drug-likeness (QED) is 0.374. The molecular weight excluding hydrogens is 399 g/mol. The lowest BCUT2D eigenvalue weighted by molar-refractivity contribution is 0.240. The molecule has 0 aliphatic carbocycles. The number of likely N-dealkylation sites (N-methyl/N-ethyl adjacent to an activating group) is 1. The van der Waals surface area contributed by atoms with Gasteiger partial charge in [-0.25, -0.2) is 0 Å². The van der Waals surface area contributed by atoms with Gasteiger partial charge >= 0.3 is 0 Å². The van der Waals surface area contributed by atoms with Crippen LogP contribution < -0.4 is 10.6 Å². The second kappa shape index (κ2) is 12.6. The average Bonchev–Trinajstić information content (AvgIpc) is 2.52. The van der Waals surface area contributed by atoms with E-state index in [-0.39, 0.29) is 30.0 Å². The first-order valence-corrected chi connectivity index (χ1v) is 8.42. The molecule has 132 valence electrons. The van der Waals surface area contributed by atoms with Crippen LogP contribution in [0.25, 0.3) is 0 Å². The maximum absolute atomic E-state index is 4.70. The van der Waals surface area contributed by atoms with Crippen molar-refractivity contribution in [3.8, 4) is 0 Å². The molecule has 5 heteroatoms. The van der Waals surface area contributed by atoms with Gasteiger partial charge in [0.25, 0.3) is 0 Å². The minimum absolute atomic E-state index is 0. The van der Waals surface area contributed by atoms with Crippen LogP contribution in [0.3, 0.4) is 0 Å². The molecule has 1 aromatic carbocycles. The summed E-state index contributed by atoms with van der Waals surface area (Å²) in [4.78, 5) is 7.13.